The van der Waals surface area contributed by atoms with Gasteiger partial charge in [-0.3, -0.25) is 9.69 Å². The van der Waals surface area contributed by atoms with Crippen LogP contribution in [0.4, 0.5) is 0 Å². The first-order valence-electron chi connectivity index (χ1n) is 10.4. The summed E-state index contributed by atoms with van der Waals surface area (Å²) in [5.41, 5.74) is 3.66. The molecule has 3 saturated heterocycles. The van der Waals surface area contributed by atoms with Crippen molar-refractivity contribution in [1.29, 1.82) is 0 Å². The maximum atomic E-state index is 13.6. The number of aryl methyl sites for hydroxylation is 1. The minimum absolute atomic E-state index is 0.264. The van der Waals surface area contributed by atoms with E-state index < -0.39 is 0 Å². The van der Waals surface area contributed by atoms with Crippen molar-refractivity contribution in [3.8, 4) is 5.75 Å². The fraction of sp³-hybridized carbons (Fsp3) is 0.458. The smallest absolute Gasteiger partial charge is 0.243 e. The standard InChI is InChI=1S/C24H28N2O2/c1-17-6-3-4-7-21(17)22-14-19-16-25(15-18-8-10-20(28-2)11-9-18)23(27)24(19)12-5-13-26(22)24/h3-4,6-11,19,22H,5,12-16H2,1-2H3/t19-,22-,24-/m0/s1. The van der Waals surface area contributed by atoms with E-state index in [0.717, 1.165) is 38.1 Å². The number of rotatable bonds is 4. The molecule has 2 aromatic rings. The number of hydrogen-bond acceptors (Lipinski definition) is 3. The lowest BCUT2D eigenvalue weighted by molar-refractivity contribution is -0.137. The predicted molar refractivity (Wildman–Crippen MR) is 109 cm³/mol. The van der Waals surface area contributed by atoms with Crippen LogP contribution in [0.25, 0.3) is 0 Å². The fourth-order valence-electron chi connectivity index (χ4n) is 5.92. The molecule has 0 aliphatic carbocycles. The van der Waals surface area contributed by atoms with E-state index in [1.54, 1.807) is 7.11 Å². The van der Waals surface area contributed by atoms with Crippen LogP contribution in [0.1, 0.15) is 42.0 Å². The largest absolute Gasteiger partial charge is 0.497 e. The lowest BCUT2D eigenvalue weighted by Crippen LogP contribution is -2.49. The molecule has 0 bridgehead atoms. The zero-order chi connectivity index (χ0) is 19.3. The fourth-order valence-corrected chi connectivity index (χ4v) is 5.92. The van der Waals surface area contributed by atoms with Gasteiger partial charge in [0.05, 0.1) is 7.11 Å². The second-order valence-electron chi connectivity index (χ2n) is 8.56. The highest BCUT2D eigenvalue weighted by Crippen LogP contribution is 2.56. The van der Waals surface area contributed by atoms with Gasteiger partial charge in [0.2, 0.25) is 5.91 Å². The third-order valence-corrected chi connectivity index (χ3v) is 7.21. The normalized spacial score (nSPS) is 29.2. The highest BCUT2D eigenvalue weighted by atomic mass is 16.5. The molecule has 0 radical (unpaired) electrons. The maximum absolute atomic E-state index is 13.6. The molecule has 0 aromatic heterocycles. The Hall–Kier alpha value is -2.33. The number of benzene rings is 2. The van der Waals surface area contributed by atoms with Gasteiger partial charge in [0, 0.05) is 25.0 Å². The minimum atomic E-state index is -0.264. The summed E-state index contributed by atoms with van der Waals surface area (Å²) in [6.45, 7) is 4.81. The van der Waals surface area contributed by atoms with Crippen LogP contribution in [0, 0.1) is 12.8 Å². The van der Waals surface area contributed by atoms with Gasteiger partial charge in [0.1, 0.15) is 11.3 Å². The van der Waals surface area contributed by atoms with Gasteiger partial charge in [-0.2, -0.15) is 0 Å². The van der Waals surface area contributed by atoms with Gasteiger partial charge in [-0.25, -0.2) is 0 Å². The summed E-state index contributed by atoms with van der Waals surface area (Å²) in [5.74, 6) is 1.64. The highest BCUT2D eigenvalue weighted by molar-refractivity contribution is 5.90. The number of hydrogen-bond donors (Lipinski definition) is 0. The first-order chi connectivity index (χ1) is 13.6. The Morgan fingerprint density at radius 2 is 1.93 bits per heavy atom. The molecular weight excluding hydrogens is 348 g/mol. The molecule has 3 atom stereocenters. The van der Waals surface area contributed by atoms with Crippen molar-refractivity contribution in [3.63, 3.8) is 0 Å². The number of amides is 1. The van der Waals surface area contributed by atoms with Gasteiger partial charge in [-0.15, -0.1) is 0 Å². The van der Waals surface area contributed by atoms with E-state index in [1.807, 2.05) is 12.1 Å². The second kappa shape index (κ2) is 6.63. The van der Waals surface area contributed by atoms with Crippen LogP contribution in [-0.2, 0) is 11.3 Å². The molecule has 0 saturated carbocycles. The van der Waals surface area contributed by atoms with Gasteiger partial charge < -0.3 is 9.64 Å². The first kappa shape index (κ1) is 17.7. The molecule has 3 aliphatic heterocycles. The van der Waals surface area contributed by atoms with Crippen LogP contribution in [0.3, 0.4) is 0 Å². The van der Waals surface area contributed by atoms with Crippen molar-refractivity contribution in [1.82, 2.24) is 9.80 Å². The molecule has 2 aromatic carbocycles. The molecule has 0 unspecified atom stereocenters. The van der Waals surface area contributed by atoms with Crippen molar-refractivity contribution in [2.24, 2.45) is 5.92 Å². The van der Waals surface area contributed by atoms with E-state index >= 15 is 0 Å². The van der Waals surface area contributed by atoms with Gasteiger partial charge in [-0.1, -0.05) is 36.4 Å². The third kappa shape index (κ3) is 2.51. The zero-order valence-electron chi connectivity index (χ0n) is 16.7. The van der Waals surface area contributed by atoms with Crippen LogP contribution in [0.2, 0.25) is 0 Å². The summed E-state index contributed by atoms with van der Waals surface area (Å²) in [7, 11) is 1.68. The van der Waals surface area contributed by atoms with Gasteiger partial charge in [0.25, 0.3) is 0 Å². The molecule has 0 N–H and O–H groups in total. The average molecular weight is 377 g/mol. The Bertz CT molecular complexity index is 894. The van der Waals surface area contributed by atoms with Crippen molar-refractivity contribution < 1.29 is 9.53 Å². The van der Waals surface area contributed by atoms with Crippen molar-refractivity contribution in [3.05, 3.63) is 65.2 Å². The summed E-state index contributed by atoms with van der Waals surface area (Å²) in [6.07, 6.45) is 3.23. The molecule has 3 aliphatic rings. The molecule has 1 spiro atoms. The van der Waals surface area contributed by atoms with Crippen molar-refractivity contribution in [2.75, 3.05) is 20.2 Å². The van der Waals surface area contributed by atoms with Crippen molar-refractivity contribution >= 4 is 5.91 Å². The number of carbonyl (C=O) groups is 1. The number of likely N-dealkylation sites (tertiary alicyclic amines) is 1. The third-order valence-electron chi connectivity index (χ3n) is 7.21. The van der Waals surface area contributed by atoms with E-state index in [-0.39, 0.29) is 5.54 Å². The van der Waals surface area contributed by atoms with E-state index in [2.05, 4.69) is 53.1 Å². The SMILES string of the molecule is COc1ccc(CN2C[C@@H]3C[C@@H](c4ccccc4C)N4CCC[C@@]34C2=O)cc1. The van der Waals surface area contributed by atoms with E-state index in [9.17, 15) is 4.79 Å². The summed E-state index contributed by atoms with van der Waals surface area (Å²) in [4.78, 5) is 18.3. The highest BCUT2D eigenvalue weighted by Gasteiger charge is 2.65. The predicted octanol–water partition coefficient (Wildman–Crippen LogP) is 3.94. The number of methoxy groups -OCH3 is 1. The number of nitrogens with zero attached hydrogens (tertiary/aromatic N) is 2. The molecule has 4 heteroatoms. The lowest BCUT2D eigenvalue weighted by atomic mass is 9.85. The van der Waals surface area contributed by atoms with Gasteiger partial charge >= 0.3 is 0 Å². The molecule has 3 fully saturated rings. The summed E-state index contributed by atoms with van der Waals surface area (Å²) < 4.78 is 5.25. The van der Waals surface area contributed by atoms with E-state index in [1.165, 1.54) is 16.7 Å². The van der Waals surface area contributed by atoms with Gasteiger partial charge in [0.15, 0.2) is 0 Å². The molecule has 146 valence electrons. The van der Waals surface area contributed by atoms with Crippen LogP contribution in [0.5, 0.6) is 5.75 Å². The van der Waals surface area contributed by atoms with Crippen LogP contribution < -0.4 is 4.74 Å². The van der Waals surface area contributed by atoms with E-state index in [0.29, 0.717) is 24.4 Å². The first-order valence-corrected chi connectivity index (χ1v) is 10.4. The Kier molecular flexibility index (Phi) is 4.20. The molecule has 5 rings (SSSR count). The Morgan fingerprint density at radius 1 is 1.14 bits per heavy atom. The molecular formula is C24H28N2O2. The Balaban J connectivity index is 1.40. The number of carbonyl (C=O) groups excluding carboxylic acids is 1. The Morgan fingerprint density at radius 3 is 2.68 bits per heavy atom. The quantitative estimate of drug-likeness (QED) is 0.810. The average Bonchev–Trinajstić information content (AvgIpc) is 3.34. The monoisotopic (exact) mass is 376 g/mol. The molecule has 1 amide bonds. The maximum Gasteiger partial charge on any atom is 0.243 e. The Labute approximate surface area is 167 Å². The van der Waals surface area contributed by atoms with Crippen LogP contribution in [-0.4, -0.2) is 41.4 Å². The van der Waals surface area contributed by atoms with Crippen molar-refractivity contribution in [2.45, 2.75) is 44.3 Å². The summed E-state index contributed by atoms with van der Waals surface area (Å²) in [6, 6.07) is 17.2. The number of ether oxygens (including phenoxy) is 1. The van der Waals surface area contributed by atoms with Crippen LogP contribution >= 0.6 is 0 Å². The minimum Gasteiger partial charge on any atom is -0.497 e. The topological polar surface area (TPSA) is 32.8 Å². The lowest BCUT2D eigenvalue weighted by Gasteiger charge is -2.34. The van der Waals surface area contributed by atoms with E-state index in [4.69, 9.17) is 4.74 Å². The molecule has 3 heterocycles. The molecule has 4 nitrogen and oxygen atoms in total. The zero-order valence-corrected chi connectivity index (χ0v) is 16.7. The second-order valence-corrected chi connectivity index (χ2v) is 8.56. The summed E-state index contributed by atoms with van der Waals surface area (Å²) in [5, 5.41) is 0. The summed E-state index contributed by atoms with van der Waals surface area (Å²) >= 11 is 0. The van der Waals surface area contributed by atoms with Crippen LogP contribution in [0.15, 0.2) is 48.5 Å². The molecule has 28 heavy (non-hydrogen) atoms. The van der Waals surface area contributed by atoms with Gasteiger partial charge in [-0.05, 0) is 61.6 Å².